The Kier molecular flexibility index (Phi) is 3.46. The maximum atomic E-state index is 10.4. The summed E-state index contributed by atoms with van der Waals surface area (Å²) in [6, 6.07) is 0. The van der Waals surface area contributed by atoms with Crippen LogP contribution in [0.4, 0.5) is 0 Å². The third kappa shape index (κ3) is 4.14. The second-order valence-electron chi connectivity index (χ2n) is 1.98. The van der Waals surface area contributed by atoms with Gasteiger partial charge in [-0.15, -0.1) is 0 Å². The first-order chi connectivity index (χ1) is 4.04. The van der Waals surface area contributed by atoms with E-state index >= 15 is 0 Å². The quantitative estimate of drug-likeness (QED) is 0.620. The normalized spacial score (nSPS) is 16.7. The molecule has 0 aliphatic carbocycles. The van der Waals surface area contributed by atoms with Crippen molar-refractivity contribution in [1.82, 2.24) is 0 Å². The molecule has 2 atom stereocenters. The van der Waals surface area contributed by atoms with Crippen molar-refractivity contribution in [2.24, 2.45) is 5.92 Å². The summed E-state index contributed by atoms with van der Waals surface area (Å²) in [5.74, 6) is -1.13. The monoisotopic (exact) mass is 150 g/mol. The van der Waals surface area contributed by atoms with Gasteiger partial charge in [0.2, 0.25) is 0 Å². The van der Waals surface area contributed by atoms with Crippen molar-refractivity contribution in [3.05, 3.63) is 0 Å². The molecule has 0 radical (unpaired) electrons. The van der Waals surface area contributed by atoms with Gasteiger partial charge in [-0.2, -0.15) is 0 Å². The number of rotatable bonds is 3. The predicted molar refractivity (Wildman–Crippen MR) is 35.7 cm³/mol. The molecule has 0 saturated carbocycles. The van der Waals surface area contributed by atoms with Crippen LogP contribution in [-0.2, 0) is 15.6 Å². The Morgan fingerprint density at radius 3 is 2.33 bits per heavy atom. The predicted octanol–water partition coefficient (Wildman–Crippen LogP) is 0.0856. The fourth-order valence-corrected chi connectivity index (χ4v) is 1.27. The molecule has 0 heterocycles. The third-order valence-electron chi connectivity index (χ3n) is 0.906. The number of aliphatic carboxylic acids is 1. The Morgan fingerprint density at radius 2 is 2.22 bits per heavy atom. The Balaban J connectivity index is 3.63. The zero-order valence-electron chi connectivity index (χ0n) is 5.46. The van der Waals surface area contributed by atoms with Crippen LogP contribution in [0, 0.1) is 5.92 Å². The van der Waals surface area contributed by atoms with Crippen LogP contribution in [0.25, 0.3) is 0 Å². The van der Waals surface area contributed by atoms with Gasteiger partial charge in [0, 0.05) is 22.8 Å². The van der Waals surface area contributed by atoms with E-state index < -0.39 is 22.7 Å². The van der Waals surface area contributed by atoms with Crippen LogP contribution >= 0.6 is 0 Å². The van der Waals surface area contributed by atoms with Crippen LogP contribution in [0.15, 0.2) is 0 Å². The lowest BCUT2D eigenvalue weighted by atomic mass is 10.2. The lowest BCUT2D eigenvalue weighted by molar-refractivity contribution is -0.140. The van der Waals surface area contributed by atoms with E-state index in [4.69, 9.17) is 5.11 Å². The zero-order chi connectivity index (χ0) is 7.44. The smallest absolute Gasteiger partial charge is 0.307 e. The first-order valence-electron chi connectivity index (χ1n) is 2.57. The lowest BCUT2D eigenvalue weighted by Gasteiger charge is -2.00. The van der Waals surface area contributed by atoms with Crippen molar-refractivity contribution in [2.75, 3.05) is 12.0 Å². The summed E-state index contributed by atoms with van der Waals surface area (Å²) in [6.45, 7) is 1.55. The molecule has 0 aromatic rings. The highest BCUT2D eigenvalue weighted by atomic mass is 32.2. The summed E-state index contributed by atoms with van der Waals surface area (Å²) < 4.78 is 10.4. The molecule has 0 aliphatic heterocycles. The van der Waals surface area contributed by atoms with Gasteiger partial charge in [-0.25, -0.2) is 0 Å². The average molecular weight is 150 g/mol. The summed E-state index contributed by atoms with van der Waals surface area (Å²) in [6.07, 6.45) is 1.50. The molecule has 0 fully saturated rings. The molecule has 0 aromatic carbocycles. The first-order valence-corrected chi connectivity index (χ1v) is 4.29. The lowest BCUT2D eigenvalue weighted by Crippen LogP contribution is -2.16. The highest BCUT2D eigenvalue weighted by Gasteiger charge is 2.11. The highest BCUT2D eigenvalue weighted by molar-refractivity contribution is 7.84. The van der Waals surface area contributed by atoms with E-state index in [0.717, 1.165) is 0 Å². The van der Waals surface area contributed by atoms with Crippen LogP contribution in [-0.4, -0.2) is 27.3 Å². The number of carboxylic acid groups (broad SMARTS) is 1. The summed E-state index contributed by atoms with van der Waals surface area (Å²) in [4.78, 5) is 10.1. The van der Waals surface area contributed by atoms with Crippen LogP contribution in [0.1, 0.15) is 6.92 Å². The summed E-state index contributed by atoms with van der Waals surface area (Å²) in [7, 11) is -0.997. The molecule has 0 bridgehead atoms. The Morgan fingerprint density at radius 1 is 1.78 bits per heavy atom. The average Bonchev–Trinajstić information content (AvgIpc) is 1.63. The van der Waals surface area contributed by atoms with Gasteiger partial charge in [-0.1, -0.05) is 6.92 Å². The molecule has 9 heavy (non-hydrogen) atoms. The van der Waals surface area contributed by atoms with Crippen LogP contribution in [0.5, 0.6) is 0 Å². The third-order valence-corrected chi connectivity index (χ3v) is 1.88. The fraction of sp³-hybridized carbons (Fsp3) is 0.800. The molecule has 0 saturated heterocycles. The minimum Gasteiger partial charge on any atom is -0.481 e. The number of carboxylic acids is 1. The van der Waals surface area contributed by atoms with Crippen molar-refractivity contribution in [3.63, 3.8) is 0 Å². The molecule has 54 valence electrons. The van der Waals surface area contributed by atoms with Crippen molar-refractivity contribution in [3.8, 4) is 0 Å². The Labute approximate surface area is 56.5 Å². The van der Waals surface area contributed by atoms with Gasteiger partial charge in [-0.3, -0.25) is 9.00 Å². The second kappa shape index (κ2) is 3.61. The van der Waals surface area contributed by atoms with Gasteiger partial charge < -0.3 is 5.11 Å². The standard InChI is InChI=1S/C5H10O3S/c1-4(5(6)7)3-9(2)8/h4H,3H2,1-2H3,(H,6,7)/t4-,9+/m1/s1. The SMILES string of the molecule is C[C@H](C[S@](C)=O)C(=O)O. The van der Waals surface area contributed by atoms with E-state index in [-0.39, 0.29) is 5.75 Å². The molecule has 1 N–H and O–H groups in total. The summed E-state index contributed by atoms with van der Waals surface area (Å²) in [5.41, 5.74) is 0. The maximum Gasteiger partial charge on any atom is 0.307 e. The van der Waals surface area contributed by atoms with Gasteiger partial charge in [-0.05, 0) is 0 Å². The van der Waals surface area contributed by atoms with Gasteiger partial charge >= 0.3 is 5.97 Å². The molecular formula is C5H10O3S. The largest absolute Gasteiger partial charge is 0.481 e. The van der Waals surface area contributed by atoms with Gasteiger partial charge in [0.05, 0.1) is 5.92 Å². The van der Waals surface area contributed by atoms with E-state index in [0.29, 0.717) is 0 Å². The second-order valence-corrected chi connectivity index (χ2v) is 3.46. The van der Waals surface area contributed by atoms with E-state index in [1.807, 2.05) is 0 Å². The van der Waals surface area contributed by atoms with Crippen molar-refractivity contribution in [2.45, 2.75) is 6.92 Å². The molecular weight excluding hydrogens is 140 g/mol. The summed E-state index contributed by atoms with van der Waals surface area (Å²) in [5, 5.41) is 8.30. The minimum atomic E-state index is -0.997. The molecule has 0 aliphatic rings. The Hall–Kier alpha value is -0.380. The molecule has 0 amide bonds. The van der Waals surface area contributed by atoms with E-state index in [1.165, 1.54) is 6.26 Å². The number of hydrogen-bond acceptors (Lipinski definition) is 2. The van der Waals surface area contributed by atoms with Crippen molar-refractivity contribution < 1.29 is 14.1 Å². The molecule has 4 heteroatoms. The van der Waals surface area contributed by atoms with Crippen molar-refractivity contribution >= 4 is 16.8 Å². The maximum absolute atomic E-state index is 10.4. The van der Waals surface area contributed by atoms with Crippen LogP contribution in [0.3, 0.4) is 0 Å². The topological polar surface area (TPSA) is 54.4 Å². The molecule has 0 unspecified atom stereocenters. The molecule has 0 aromatic heterocycles. The highest BCUT2D eigenvalue weighted by Crippen LogP contribution is 1.95. The van der Waals surface area contributed by atoms with Gasteiger partial charge in [0.25, 0.3) is 0 Å². The summed E-state index contributed by atoms with van der Waals surface area (Å²) >= 11 is 0. The van der Waals surface area contributed by atoms with Crippen LogP contribution in [0.2, 0.25) is 0 Å². The molecule has 0 spiro atoms. The number of hydrogen-bond donors (Lipinski definition) is 1. The van der Waals surface area contributed by atoms with Crippen molar-refractivity contribution in [1.29, 1.82) is 0 Å². The number of carbonyl (C=O) groups is 1. The fourth-order valence-electron chi connectivity index (χ4n) is 0.423. The van der Waals surface area contributed by atoms with Gasteiger partial charge in [0.1, 0.15) is 0 Å². The van der Waals surface area contributed by atoms with E-state index in [2.05, 4.69) is 0 Å². The zero-order valence-corrected chi connectivity index (χ0v) is 6.27. The minimum absolute atomic E-state index is 0.245. The van der Waals surface area contributed by atoms with E-state index in [1.54, 1.807) is 6.92 Å². The Bertz CT molecular complexity index is 132. The molecule has 3 nitrogen and oxygen atoms in total. The van der Waals surface area contributed by atoms with E-state index in [9.17, 15) is 9.00 Å². The van der Waals surface area contributed by atoms with Gasteiger partial charge in [0.15, 0.2) is 0 Å². The van der Waals surface area contributed by atoms with Crippen LogP contribution < -0.4 is 0 Å². The molecule has 0 rings (SSSR count). The first kappa shape index (κ1) is 8.62.